The van der Waals surface area contributed by atoms with Crippen molar-refractivity contribution in [2.45, 2.75) is 13.2 Å². The third-order valence-corrected chi connectivity index (χ3v) is 5.15. The largest absolute Gasteiger partial charge is 0.489 e. The lowest BCUT2D eigenvalue weighted by Gasteiger charge is -2.07. The van der Waals surface area contributed by atoms with E-state index >= 15 is 0 Å². The Morgan fingerprint density at radius 2 is 1.56 bits per heavy atom. The average molecular weight is 451 g/mol. The fourth-order valence-corrected chi connectivity index (χ4v) is 3.42. The molecule has 3 aromatic carbocycles. The highest BCUT2D eigenvalue weighted by Crippen LogP contribution is 2.25. The highest BCUT2D eigenvalue weighted by Gasteiger charge is 2.09. The van der Waals surface area contributed by atoms with Crippen LogP contribution >= 0.6 is 0 Å². The minimum absolute atomic E-state index is 0.386. The summed E-state index contributed by atoms with van der Waals surface area (Å²) in [5, 5.41) is 7.36. The second-order valence-corrected chi connectivity index (χ2v) is 7.61. The molecule has 0 bridgehead atoms. The number of rotatable bonds is 7. The van der Waals surface area contributed by atoms with E-state index in [1.54, 1.807) is 23.0 Å². The molecule has 0 aliphatic carbocycles. The number of ether oxygens (including phenoxy) is 1. The van der Waals surface area contributed by atoms with Crippen LogP contribution in [0.2, 0.25) is 0 Å². The van der Waals surface area contributed by atoms with Gasteiger partial charge in [0, 0.05) is 18.3 Å². The zero-order valence-electron chi connectivity index (χ0n) is 19.0. The van der Waals surface area contributed by atoms with Crippen molar-refractivity contribution >= 4 is 11.9 Å². The Balaban J connectivity index is 0.000000257. The molecule has 0 aliphatic heterocycles. The fourth-order valence-electron chi connectivity index (χ4n) is 3.42. The molecule has 2 heterocycles. The first-order chi connectivity index (χ1) is 16.8. The number of hydrogen-bond acceptors (Lipinski definition) is 5. The Bertz CT molecular complexity index is 1320. The van der Waals surface area contributed by atoms with E-state index in [0.717, 1.165) is 35.3 Å². The molecule has 5 rings (SSSR count). The van der Waals surface area contributed by atoms with Gasteiger partial charge in [-0.1, -0.05) is 72.8 Å². The van der Waals surface area contributed by atoms with E-state index in [-0.39, 0.29) is 0 Å². The summed E-state index contributed by atoms with van der Waals surface area (Å²) in [6, 6.07) is 29.8. The lowest BCUT2D eigenvalue weighted by Crippen LogP contribution is -2.04. The second-order valence-electron chi connectivity index (χ2n) is 7.61. The summed E-state index contributed by atoms with van der Waals surface area (Å²) in [5.41, 5.74) is 5.34. The molecule has 0 radical (unpaired) electrons. The Morgan fingerprint density at radius 1 is 0.882 bits per heavy atom. The van der Waals surface area contributed by atoms with Crippen LogP contribution in [0.4, 0.5) is 0 Å². The quantitative estimate of drug-likeness (QED) is 0.346. The fraction of sp³-hybridized carbons (Fsp3) is 0.107. The lowest BCUT2D eigenvalue weighted by molar-refractivity contribution is 0.111. The van der Waals surface area contributed by atoms with Crippen LogP contribution in [0.5, 0.6) is 5.75 Å². The Morgan fingerprint density at radius 3 is 2.21 bits per heavy atom. The third kappa shape index (κ3) is 5.94. The van der Waals surface area contributed by atoms with Crippen LogP contribution in [0.25, 0.3) is 16.8 Å². The van der Waals surface area contributed by atoms with Crippen molar-refractivity contribution < 1.29 is 9.53 Å². The van der Waals surface area contributed by atoms with Crippen molar-refractivity contribution in [2.24, 2.45) is 0 Å². The highest BCUT2D eigenvalue weighted by atomic mass is 16.5. The Hall–Kier alpha value is -4.29. The number of nitrogens with zero attached hydrogens (tertiary/aromatic N) is 3. The number of aldehydes is 1. The predicted molar refractivity (Wildman–Crippen MR) is 134 cm³/mol. The van der Waals surface area contributed by atoms with Crippen molar-refractivity contribution in [3.05, 3.63) is 120 Å². The molecule has 2 aromatic heterocycles. The van der Waals surface area contributed by atoms with Crippen molar-refractivity contribution in [3.63, 3.8) is 0 Å². The zero-order valence-corrected chi connectivity index (χ0v) is 19.0. The molecule has 6 nitrogen and oxygen atoms in total. The second kappa shape index (κ2) is 11.5. The van der Waals surface area contributed by atoms with Gasteiger partial charge in [0.15, 0.2) is 11.9 Å². The first kappa shape index (κ1) is 22.9. The van der Waals surface area contributed by atoms with Gasteiger partial charge in [-0.2, -0.15) is 5.10 Å². The molecule has 0 fully saturated rings. The Labute approximate surface area is 198 Å². The molecule has 1 N–H and O–H groups in total. The number of hydrogen-bond donors (Lipinski definition) is 1. The molecule has 34 heavy (non-hydrogen) atoms. The van der Waals surface area contributed by atoms with Gasteiger partial charge in [-0.3, -0.25) is 4.79 Å². The van der Waals surface area contributed by atoms with Crippen LogP contribution in [0, 0.1) is 0 Å². The van der Waals surface area contributed by atoms with Crippen LogP contribution in [0.1, 0.15) is 21.6 Å². The van der Waals surface area contributed by atoms with E-state index in [4.69, 9.17) is 4.74 Å². The summed E-state index contributed by atoms with van der Waals surface area (Å²) < 4.78 is 7.46. The Kier molecular flexibility index (Phi) is 7.77. The maximum atomic E-state index is 10.9. The summed E-state index contributed by atoms with van der Waals surface area (Å²) in [7, 11) is 1.95. The van der Waals surface area contributed by atoms with Crippen molar-refractivity contribution in [1.29, 1.82) is 0 Å². The molecule has 0 atom stereocenters. The van der Waals surface area contributed by atoms with Crippen LogP contribution in [-0.4, -0.2) is 27.9 Å². The molecule has 0 unspecified atom stereocenters. The minimum atomic E-state index is 0.386. The molecular weight excluding hydrogens is 424 g/mol. The average Bonchev–Trinajstić information content (AvgIpc) is 3.33. The van der Waals surface area contributed by atoms with Gasteiger partial charge in [-0.25, -0.2) is 9.50 Å². The standard InChI is InChI=1S/C20H15N3O2.C8H11N/c24-13-17-10-11-23-20(22-17)19(12-21-23)16-6-8-18(9-7-16)25-14-15-4-2-1-3-5-15;1-9-7-8-5-3-2-4-6-8/h1-13H,14H2;2-6,9H,7H2,1H3. The maximum absolute atomic E-state index is 10.9. The van der Waals surface area contributed by atoms with Gasteiger partial charge in [0.2, 0.25) is 0 Å². The SMILES string of the molecule is CNCc1ccccc1.O=Cc1ccn2ncc(-c3ccc(OCc4ccccc4)cc3)c2n1. The van der Waals surface area contributed by atoms with E-state index in [1.165, 1.54) is 5.56 Å². The molecule has 0 saturated carbocycles. The number of benzene rings is 3. The van der Waals surface area contributed by atoms with Gasteiger partial charge < -0.3 is 10.1 Å². The van der Waals surface area contributed by atoms with Crippen LogP contribution < -0.4 is 10.1 Å². The first-order valence-electron chi connectivity index (χ1n) is 11.0. The van der Waals surface area contributed by atoms with E-state index in [0.29, 0.717) is 17.9 Å². The molecule has 0 saturated heterocycles. The first-order valence-corrected chi connectivity index (χ1v) is 11.0. The van der Waals surface area contributed by atoms with Gasteiger partial charge in [-0.15, -0.1) is 0 Å². The van der Waals surface area contributed by atoms with Gasteiger partial charge in [-0.05, 0) is 41.9 Å². The minimum Gasteiger partial charge on any atom is -0.489 e. The molecule has 6 heteroatoms. The van der Waals surface area contributed by atoms with E-state index < -0.39 is 0 Å². The molecule has 0 amide bonds. The number of carbonyl (C=O) groups is 1. The summed E-state index contributed by atoms with van der Waals surface area (Å²) in [6.45, 7) is 1.49. The van der Waals surface area contributed by atoms with E-state index in [9.17, 15) is 4.79 Å². The van der Waals surface area contributed by atoms with E-state index in [1.807, 2.05) is 79.8 Å². The smallest absolute Gasteiger partial charge is 0.168 e. The van der Waals surface area contributed by atoms with Crippen molar-refractivity contribution in [3.8, 4) is 16.9 Å². The van der Waals surface area contributed by atoms with Gasteiger partial charge >= 0.3 is 0 Å². The monoisotopic (exact) mass is 450 g/mol. The highest BCUT2D eigenvalue weighted by molar-refractivity contribution is 5.80. The zero-order chi connectivity index (χ0) is 23.6. The third-order valence-electron chi connectivity index (χ3n) is 5.15. The number of fused-ring (bicyclic) bond motifs is 1. The van der Waals surface area contributed by atoms with E-state index in [2.05, 4.69) is 27.5 Å². The summed E-state index contributed by atoms with van der Waals surface area (Å²) in [6.07, 6.45) is 4.21. The topological polar surface area (TPSA) is 68.5 Å². The van der Waals surface area contributed by atoms with Gasteiger partial charge in [0.05, 0.1) is 6.20 Å². The molecule has 5 aromatic rings. The number of aromatic nitrogens is 3. The maximum Gasteiger partial charge on any atom is 0.168 e. The number of nitrogens with one attached hydrogen (secondary N) is 1. The van der Waals surface area contributed by atoms with Crippen molar-refractivity contribution in [1.82, 2.24) is 19.9 Å². The molecule has 0 aliphatic rings. The van der Waals surface area contributed by atoms with Crippen LogP contribution in [0.15, 0.2) is 103 Å². The molecule has 170 valence electrons. The predicted octanol–water partition coefficient (Wildman–Crippen LogP) is 5.19. The van der Waals surface area contributed by atoms with Crippen LogP contribution in [0.3, 0.4) is 0 Å². The lowest BCUT2D eigenvalue weighted by atomic mass is 10.1. The summed E-state index contributed by atoms with van der Waals surface area (Å²) >= 11 is 0. The molecule has 0 spiro atoms. The van der Waals surface area contributed by atoms with Gasteiger partial charge in [0.25, 0.3) is 0 Å². The number of carbonyl (C=O) groups excluding carboxylic acids is 1. The van der Waals surface area contributed by atoms with Crippen molar-refractivity contribution in [2.75, 3.05) is 7.05 Å². The summed E-state index contributed by atoms with van der Waals surface area (Å²) in [5.74, 6) is 0.797. The normalized spacial score (nSPS) is 10.4. The van der Waals surface area contributed by atoms with Crippen LogP contribution in [-0.2, 0) is 13.2 Å². The molecular formula is C28H26N4O2. The van der Waals surface area contributed by atoms with Gasteiger partial charge in [0.1, 0.15) is 18.1 Å². The summed E-state index contributed by atoms with van der Waals surface area (Å²) in [4.78, 5) is 15.3.